The molecule has 15 heavy (non-hydrogen) atoms. The van der Waals surface area contributed by atoms with Gasteiger partial charge in [0, 0.05) is 19.5 Å². The van der Waals surface area contributed by atoms with Gasteiger partial charge >= 0.3 is 0 Å². The van der Waals surface area contributed by atoms with E-state index in [1.807, 2.05) is 4.90 Å². The van der Waals surface area contributed by atoms with Crippen LogP contribution in [0.25, 0.3) is 0 Å². The van der Waals surface area contributed by atoms with Crippen LogP contribution in [0.4, 0.5) is 0 Å². The SMILES string of the molecule is CC(C)CC(CN)CC(=O)N1CCCC1. The molecule has 1 unspecified atom stereocenters. The number of carbonyl (C=O) groups excluding carboxylic acids is 1. The van der Waals surface area contributed by atoms with Gasteiger partial charge in [-0.3, -0.25) is 4.79 Å². The number of rotatable bonds is 5. The first-order chi connectivity index (χ1) is 7.13. The molecular weight excluding hydrogens is 188 g/mol. The summed E-state index contributed by atoms with van der Waals surface area (Å²) in [6.45, 7) is 6.92. The van der Waals surface area contributed by atoms with Crippen LogP contribution >= 0.6 is 0 Å². The molecule has 0 aliphatic carbocycles. The van der Waals surface area contributed by atoms with Gasteiger partial charge in [0.05, 0.1) is 0 Å². The minimum atomic E-state index is 0.309. The fourth-order valence-corrected chi connectivity index (χ4v) is 2.27. The van der Waals surface area contributed by atoms with Crippen molar-refractivity contribution in [2.75, 3.05) is 19.6 Å². The Morgan fingerprint density at radius 1 is 1.33 bits per heavy atom. The lowest BCUT2D eigenvalue weighted by molar-refractivity contribution is -0.131. The second kappa shape index (κ2) is 6.11. The highest BCUT2D eigenvalue weighted by Gasteiger charge is 2.21. The monoisotopic (exact) mass is 212 g/mol. The fraction of sp³-hybridized carbons (Fsp3) is 0.917. The van der Waals surface area contributed by atoms with Gasteiger partial charge in [-0.1, -0.05) is 13.8 Å². The molecule has 1 saturated heterocycles. The molecule has 0 bridgehead atoms. The normalized spacial score (nSPS) is 18.5. The first-order valence-corrected chi connectivity index (χ1v) is 6.11. The van der Waals surface area contributed by atoms with Gasteiger partial charge in [-0.2, -0.15) is 0 Å². The summed E-state index contributed by atoms with van der Waals surface area (Å²) < 4.78 is 0. The van der Waals surface area contributed by atoms with Crippen molar-refractivity contribution < 1.29 is 4.79 Å². The summed E-state index contributed by atoms with van der Waals surface area (Å²) in [6.07, 6.45) is 4.05. The van der Waals surface area contributed by atoms with E-state index in [-0.39, 0.29) is 0 Å². The largest absolute Gasteiger partial charge is 0.343 e. The van der Waals surface area contributed by atoms with Crippen LogP contribution in [-0.2, 0) is 4.79 Å². The third kappa shape index (κ3) is 4.20. The van der Waals surface area contributed by atoms with Gasteiger partial charge in [-0.25, -0.2) is 0 Å². The van der Waals surface area contributed by atoms with Gasteiger partial charge in [0.15, 0.2) is 0 Å². The smallest absolute Gasteiger partial charge is 0.222 e. The first-order valence-electron chi connectivity index (χ1n) is 6.11. The number of likely N-dealkylation sites (tertiary alicyclic amines) is 1. The Balaban J connectivity index is 2.33. The lowest BCUT2D eigenvalue weighted by Gasteiger charge is -2.21. The van der Waals surface area contributed by atoms with Gasteiger partial charge in [0.25, 0.3) is 0 Å². The maximum Gasteiger partial charge on any atom is 0.222 e. The zero-order valence-electron chi connectivity index (χ0n) is 10.0. The molecule has 1 aliphatic rings. The lowest BCUT2D eigenvalue weighted by atomic mass is 9.94. The van der Waals surface area contributed by atoms with Crippen molar-refractivity contribution in [2.24, 2.45) is 17.6 Å². The Morgan fingerprint density at radius 2 is 1.93 bits per heavy atom. The van der Waals surface area contributed by atoms with E-state index in [1.165, 1.54) is 12.8 Å². The van der Waals surface area contributed by atoms with E-state index >= 15 is 0 Å². The highest BCUT2D eigenvalue weighted by molar-refractivity contribution is 5.76. The predicted octanol–water partition coefficient (Wildman–Crippen LogP) is 1.62. The van der Waals surface area contributed by atoms with Crippen molar-refractivity contribution in [3.8, 4) is 0 Å². The van der Waals surface area contributed by atoms with Crippen LogP contribution in [-0.4, -0.2) is 30.4 Å². The van der Waals surface area contributed by atoms with Crippen LogP contribution in [0.5, 0.6) is 0 Å². The number of nitrogens with zero attached hydrogens (tertiary/aromatic N) is 1. The van der Waals surface area contributed by atoms with Crippen molar-refractivity contribution >= 4 is 5.91 Å². The summed E-state index contributed by atoms with van der Waals surface area (Å²) in [5.74, 6) is 1.31. The second-order valence-corrected chi connectivity index (χ2v) is 5.02. The Hall–Kier alpha value is -0.570. The van der Waals surface area contributed by atoms with Crippen LogP contribution in [0.1, 0.15) is 39.5 Å². The Bertz CT molecular complexity index is 198. The van der Waals surface area contributed by atoms with E-state index in [9.17, 15) is 4.79 Å². The van der Waals surface area contributed by atoms with E-state index < -0.39 is 0 Å². The van der Waals surface area contributed by atoms with Crippen molar-refractivity contribution in [1.29, 1.82) is 0 Å². The molecule has 1 atom stereocenters. The number of amides is 1. The minimum absolute atomic E-state index is 0.309. The summed E-state index contributed by atoms with van der Waals surface area (Å²) in [6, 6.07) is 0. The Kier molecular flexibility index (Phi) is 5.09. The van der Waals surface area contributed by atoms with Crippen molar-refractivity contribution in [3.05, 3.63) is 0 Å². The quantitative estimate of drug-likeness (QED) is 0.752. The Morgan fingerprint density at radius 3 is 2.40 bits per heavy atom. The number of hydrogen-bond donors (Lipinski definition) is 1. The molecule has 1 fully saturated rings. The summed E-state index contributed by atoms with van der Waals surface area (Å²) >= 11 is 0. The van der Waals surface area contributed by atoms with Crippen LogP contribution in [0, 0.1) is 11.8 Å². The average molecular weight is 212 g/mol. The molecule has 0 aromatic heterocycles. The van der Waals surface area contributed by atoms with E-state index in [2.05, 4.69) is 13.8 Å². The van der Waals surface area contributed by atoms with Gasteiger partial charge in [0.1, 0.15) is 0 Å². The molecule has 0 radical (unpaired) electrons. The van der Waals surface area contributed by atoms with E-state index in [1.54, 1.807) is 0 Å². The second-order valence-electron chi connectivity index (χ2n) is 5.02. The molecule has 0 saturated carbocycles. The van der Waals surface area contributed by atoms with Gasteiger partial charge < -0.3 is 10.6 Å². The van der Waals surface area contributed by atoms with E-state index in [4.69, 9.17) is 5.73 Å². The van der Waals surface area contributed by atoms with Crippen LogP contribution in [0.2, 0.25) is 0 Å². The minimum Gasteiger partial charge on any atom is -0.343 e. The predicted molar refractivity (Wildman–Crippen MR) is 62.4 cm³/mol. The van der Waals surface area contributed by atoms with Gasteiger partial charge in [0.2, 0.25) is 5.91 Å². The summed E-state index contributed by atoms with van der Waals surface area (Å²) in [7, 11) is 0. The van der Waals surface area contributed by atoms with E-state index in [0.29, 0.717) is 30.7 Å². The topological polar surface area (TPSA) is 46.3 Å². The zero-order valence-corrected chi connectivity index (χ0v) is 10.0. The number of carbonyl (C=O) groups is 1. The number of hydrogen-bond acceptors (Lipinski definition) is 2. The fourth-order valence-electron chi connectivity index (χ4n) is 2.27. The molecular formula is C12H24N2O. The van der Waals surface area contributed by atoms with Gasteiger partial charge in [-0.05, 0) is 37.6 Å². The standard InChI is InChI=1S/C12H24N2O/c1-10(2)7-11(9-13)8-12(15)14-5-3-4-6-14/h10-11H,3-9,13H2,1-2H3. The maximum atomic E-state index is 11.9. The lowest BCUT2D eigenvalue weighted by Crippen LogP contribution is -2.31. The molecule has 3 nitrogen and oxygen atoms in total. The molecule has 1 aliphatic heterocycles. The molecule has 1 rings (SSSR count). The molecule has 1 amide bonds. The molecule has 2 N–H and O–H groups in total. The Labute approximate surface area is 93.0 Å². The molecule has 3 heteroatoms. The summed E-state index contributed by atoms with van der Waals surface area (Å²) in [5.41, 5.74) is 5.70. The van der Waals surface area contributed by atoms with Crippen molar-refractivity contribution in [3.63, 3.8) is 0 Å². The summed E-state index contributed by atoms with van der Waals surface area (Å²) in [5, 5.41) is 0. The number of nitrogens with two attached hydrogens (primary N) is 1. The highest BCUT2D eigenvalue weighted by Crippen LogP contribution is 2.17. The molecule has 88 valence electrons. The molecule has 1 heterocycles. The zero-order chi connectivity index (χ0) is 11.3. The highest BCUT2D eigenvalue weighted by atomic mass is 16.2. The van der Waals surface area contributed by atoms with Crippen LogP contribution < -0.4 is 5.73 Å². The molecule has 0 aromatic rings. The van der Waals surface area contributed by atoms with Crippen LogP contribution in [0.15, 0.2) is 0 Å². The van der Waals surface area contributed by atoms with E-state index in [0.717, 1.165) is 19.5 Å². The molecule has 0 spiro atoms. The first kappa shape index (κ1) is 12.5. The van der Waals surface area contributed by atoms with Gasteiger partial charge in [-0.15, -0.1) is 0 Å². The average Bonchev–Trinajstić information content (AvgIpc) is 2.68. The third-order valence-corrected chi connectivity index (χ3v) is 3.06. The van der Waals surface area contributed by atoms with Crippen molar-refractivity contribution in [1.82, 2.24) is 4.90 Å². The third-order valence-electron chi connectivity index (χ3n) is 3.06. The maximum absolute atomic E-state index is 11.9. The van der Waals surface area contributed by atoms with Crippen molar-refractivity contribution in [2.45, 2.75) is 39.5 Å². The summed E-state index contributed by atoms with van der Waals surface area (Å²) in [4.78, 5) is 13.9. The van der Waals surface area contributed by atoms with Crippen LogP contribution in [0.3, 0.4) is 0 Å². The molecule has 0 aromatic carbocycles.